The van der Waals surface area contributed by atoms with Gasteiger partial charge in [-0.15, -0.1) is 0 Å². The summed E-state index contributed by atoms with van der Waals surface area (Å²) in [4.78, 5) is 25.8. The predicted octanol–water partition coefficient (Wildman–Crippen LogP) is 2.94. The van der Waals surface area contributed by atoms with E-state index in [1.807, 2.05) is 18.2 Å². The Hall–Kier alpha value is -2.82. The van der Waals surface area contributed by atoms with Gasteiger partial charge in [-0.25, -0.2) is 0 Å². The van der Waals surface area contributed by atoms with Gasteiger partial charge in [0.15, 0.2) is 17.3 Å². The van der Waals surface area contributed by atoms with E-state index in [1.165, 1.54) is 11.8 Å². The minimum absolute atomic E-state index is 0.0354. The molecule has 0 radical (unpaired) electrons. The van der Waals surface area contributed by atoms with E-state index < -0.39 is 0 Å². The molecule has 1 amide bonds. The van der Waals surface area contributed by atoms with E-state index in [0.29, 0.717) is 23.6 Å². The van der Waals surface area contributed by atoms with Gasteiger partial charge in [0.1, 0.15) is 0 Å². The summed E-state index contributed by atoms with van der Waals surface area (Å²) in [5.41, 5.74) is 1.46. The molecule has 126 valence electrons. The Bertz CT molecular complexity index is 713. The molecule has 5 heteroatoms. The van der Waals surface area contributed by atoms with Crippen LogP contribution in [0.4, 0.5) is 0 Å². The first kappa shape index (κ1) is 17.5. The number of carbonyl (C=O) groups is 2. The maximum absolute atomic E-state index is 12.3. The number of ether oxygens (including phenoxy) is 2. The van der Waals surface area contributed by atoms with Gasteiger partial charge in [-0.1, -0.05) is 36.4 Å². The number of benzene rings is 2. The van der Waals surface area contributed by atoms with Crippen LogP contribution in [0.2, 0.25) is 0 Å². The van der Waals surface area contributed by atoms with Crippen molar-refractivity contribution in [2.24, 2.45) is 0 Å². The van der Waals surface area contributed by atoms with Crippen LogP contribution in [0, 0.1) is 0 Å². The van der Waals surface area contributed by atoms with E-state index >= 15 is 0 Å². The number of rotatable bonds is 7. The summed E-state index contributed by atoms with van der Waals surface area (Å²) >= 11 is 0. The number of hydrogen-bond donors (Lipinski definition) is 0. The highest BCUT2D eigenvalue weighted by Gasteiger charge is 2.16. The van der Waals surface area contributed by atoms with Crippen LogP contribution in [0.1, 0.15) is 22.8 Å². The summed E-state index contributed by atoms with van der Waals surface area (Å²) in [6.45, 7) is 1.82. The number of ketones is 1. The highest BCUT2D eigenvalue weighted by molar-refractivity contribution is 5.99. The Labute approximate surface area is 141 Å². The fourth-order valence-electron chi connectivity index (χ4n) is 2.37. The summed E-state index contributed by atoms with van der Waals surface area (Å²) in [7, 11) is 3.13. The van der Waals surface area contributed by atoms with E-state index in [-0.39, 0.29) is 18.2 Å². The molecule has 0 aliphatic carbocycles. The third kappa shape index (κ3) is 4.35. The first-order valence-corrected chi connectivity index (χ1v) is 7.59. The lowest BCUT2D eigenvalue weighted by Gasteiger charge is -2.21. The molecule has 0 saturated carbocycles. The fourth-order valence-corrected chi connectivity index (χ4v) is 2.37. The molecule has 0 saturated heterocycles. The third-order valence-corrected chi connectivity index (χ3v) is 3.70. The molecule has 0 spiro atoms. The number of nitrogens with zero attached hydrogens (tertiary/aromatic N) is 1. The molecule has 0 aliphatic rings. The van der Waals surface area contributed by atoms with Gasteiger partial charge in [-0.05, 0) is 17.7 Å². The SMILES string of the molecule is COc1ccc(CN(CC(=O)c2ccccc2)C(C)=O)cc1OC. The van der Waals surface area contributed by atoms with Crippen molar-refractivity contribution in [3.8, 4) is 11.5 Å². The van der Waals surface area contributed by atoms with Crippen molar-refractivity contribution in [3.05, 3.63) is 59.7 Å². The number of amides is 1. The van der Waals surface area contributed by atoms with Crippen LogP contribution in [0.25, 0.3) is 0 Å². The van der Waals surface area contributed by atoms with Crippen LogP contribution < -0.4 is 9.47 Å². The Balaban J connectivity index is 2.14. The van der Waals surface area contributed by atoms with Crippen molar-refractivity contribution >= 4 is 11.7 Å². The Kier molecular flexibility index (Phi) is 5.95. The van der Waals surface area contributed by atoms with Crippen molar-refractivity contribution < 1.29 is 19.1 Å². The van der Waals surface area contributed by atoms with E-state index in [1.54, 1.807) is 44.6 Å². The van der Waals surface area contributed by atoms with Crippen molar-refractivity contribution in [1.82, 2.24) is 4.90 Å². The number of methoxy groups -OCH3 is 2. The zero-order chi connectivity index (χ0) is 17.5. The smallest absolute Gasteiger partial charge is 0.220 e. The molecule has 0 heterocycles. The second-order valence-corrected chi connectivity index (χ2v) is 5.35. The molecule has 0 unspecified atom stereocenters. The molecule has 0 bridgehead atoms. The van der Waals surface area contributed by atoms with Crippen molar-refractivity contribution in [1.29, 1.82) is 0 Å². The summed E-state index contributed by atoms with van der Waals surface area (Å²) in [5, 5.41) is 0. The summed E-state index contributed by atoms with van der Waals surface area (Å²) in [5.74, 6) is 0.962. The Morgan fingerprint density at radius 2 is 1.62 bits per heavy atom. The van der Waals surface area contributed by atoms with Crippen LogP contribution in [-0.2, 0) is 11.3 Å². The average molecular weight is 327 g/mol. The molecule has 0 aromatic heterocycles. The Morgan fingerprint density at radius 1 is 0.958 bits per heavy atom. The van der Waals surface area contributed by atoms with Gasteiger partial charge in [0.2, 0.25) is 5.91 Å². The summed E-state index contributed by atoms with van der Waals surface area (Å²) in [6.07, 6.45) is 0. The molecule has 2 rings (SSSR count). The largest absolute Gasteiger partial charge is 0.493 e. The van der Waals surface area contributed by atoms with E-state index in [4.69, 9.17) is 9.47 Å². The minimum atomic E-state index is -0.158. The second kappa shape index (κ2) is 8.15. The van der Waals surface area contributed by atoms with Crippen molar-refractivity contribution in [3.63, 3.8) is 0 Å². The van der Waals surface area contributed by atoms with E-state index in [0.717, 1.165) is 5.56 Å². The van der Waals surface area contributed by atoms with Crippen molar-refractivity contribution in [2.45, 2.75) is 13.5 Å². The number of carbonyl (C=O) groups excluding carboxylic acids is 2. The normalized spacial score (nSPS) is 10.1. The summed E-state index contributed by atoms with van der Waals surface area (Å²) < 4.78 is 10.5. The van der Waals surface area contributed by atoms with E-state index in [9.17, 15) is 9.59 Å². The molecule has 24 heavy (non-hydrogen) atoms. The lowest BCUT2D eigenvalue weighted by molar-refractivity contribution is -0.128. The van der Waals surface area contributed by atoms with Gasteiger partial charge in [-0.2, -0.15) is 0 Å². The highest BCUT2D eigenvalue weighted by atomic mass is 16.5. The van der Waals surface area contributed by atoms with Gasteiger partial charge >= 0.3 is 0 Å². The van der Waals surface area contributed by atoms with Gasteiger partial charge in [-0.3, -0.25) is 9.59 Å². The minimum Gasteiger partial charge on any atom is -0.493 e. The number of Topliss-reactive ketones (excluding diaryl/α,β-unsaturated/α-hetero) is 1. The molecule has 0 fully saturated rings. The molecular weight excluding hydrogens is 306 g/mol. The molecule has 5 nitrogen and oxygen atoms in total. The molecular formula is C19H21NO4. The lowest BCUT2D eigenvalue weighted by Crippen LogP contribution is -2.33. The highest BCUT2D eigenvalue weighted by Crippen LogP contribution is 2.28. The third-order valence-electron chi connectivity index (χ3n) is 3.70. The molecule has 0 aliphatic heterocycles. The lowest BCUT2D eigenvalue weighted by atomic mass is 10.1. The number of hydrogen-bond acceptors (Lipinski definition) is 4. The quantitative estimate of drug-likeness (QED) is 0.734. The van der Waals surface area contributed by atoms with Crippen LogP contribution in [-0.4, -0.2) is 37.4 Å². The topological polar surface area (TPSA) is 55.8 Å². The average Bonchev–Trinajstić information content (AvgIpc) is 2.61. The zero-order valence-corrected chi connectivity index (χ0v) is 14.1. The van der Waals surface area contributed by atoms with Crippen LogP contribution >= 0.6 is 0 Å². The maximum atomic E-state index is 12.3. The van der Waals surface area contributed by atoms with Gasteiger partial charge in [0.05, 0.1) is 20.8 Å². The zero-order valence-electron chi connectivity index (χ0n) is 14.1. The van der Waals surface area contributed by atoms with Crippen LogP contribution in [0.3, 0.4) is 0 Å². The van der Waals surface area contributed by atoms with Gasteiger partial charge in [0, 0.05) is 19.0 Å². The first-order chi connectivity index (χ1) is 11.5. The molecule has 2 aromatic carbocycles. The maximum Gasteiger partial charge on any atom is 0.220 e. The molecule has 0 N–H and O–H groups in total. The monoisotopic (exact) mass is 327 g/mol. The predicted molar refractivity (Wildman–Crippen MR) is 91.4 cm³/mol. The van der Waals surface area contributed by atoms with Gasteiger partial charge in [0.25, 0.3) is 0 Å². The Morgan fingerprint density at radius 3 is 2.21 bits per heavy atom. The molecule has 0 atom stereocenters. The first-order valence-electron chi connectivity index (χ1n) is 7.59. The van der Waals surface area contributed by atoms with E-state index in [2.05, 4.69) is 0 Å². The standard InChI is InChI=1S/C19H21NO4/c1-14(21)20(13-17(22)16-7-5-4-6-8-16)12-15-9-10-18(23-2)19(11-15)24-3/h4-11H,12-13H2,1-3H3. The summed E-state index contributed by atoms with van der Waals surface area (Å²) in [6, 6.07) is 14.4. The van der Waals surface area contributed by atoms with Crippen LogP contribution in [0.15, 0.2) is 48.5 Å². The van der Waals surface area contributed by atoms with Crippen LogP contribution in [0.5, 0.6) is 11.5 Å². The molecule has 2 aromatic rings. The fraction of sp³-hybridized carbons (Fsp3) is 0.263. The van der Waals surface area contributed by atoms with Crippen molar-refractivity contribution in [2.75, 3.05) is 20.8 Å². The second-order valence-electron chi connectivity index (χ2n) is 5.35. The van der Waals surface area contributed by atoms with Gasteiger partial charge < -0.3 is 14.4 Å².